The van der Waals surface area contributed by atoms with Crippen LogP contribution in [0.25, 0.3) is 21.1 Å². The molecule has 4 aromatic rings. The van der Waals surface area contributed by atoms with Crippen molar-refractivity contribution in [2.24, 2.45) is 0 Å². The first-order valence-corrected chi connectivity index (χ1v) is 8.28. The molecule has 2 N–H and O–H groups in total. The number of hydrogen-bond donors (Lipinski definition) is 2. The molecule has 0 saturated carbocycles. The lowest BCUT2D eigenvalue weighted by molar-refractivity contribution is 0.312. The molecule has 4 rings (SSSR count). The Bertz CT molecular complexity index is 1030. The molecular weight excluding hydrogens is 308 g/mol. The van der Waals surface area contributed by atoms with E-state index in [2.05, 4.69) is 44.1 Å². The quantitative estimate of drug-likeness (QED) is 0.606. The van der Waals surface area contributed by atoms with Gasteiger partial charge in [0.2, 0.25) is 0 Å². The number of rotatable bonds is 4. The number of nitrogens with one attached hydrogen (secondary N) is 2. The summed E-state index contributed by atoms with van der Waals surface area (Å²) in [5.74, 6) is 0.699. The van der Waals surface area contributed by atoms with Crippen LogP contribution in [0, 0.1) is 0 Å². The normalized spacial score (nSPS) is 11.7. The number of aromatic amines is 2. The minimum Gasteiger partial charge on any atom is -0.361 e. The van der Waals surface area contributed by atoms with Gasteiger partial charge in [-0.2, -0.15) is 0 Å². The fourth-order valence-electron chi connectivity index (χ4n) is 2.89. The van der Waals surface area contributed by atoms with E-state index in [1.807, 2.05) is 24.7 Å². The Morgan fingerprint density at radius 1 is 1.22 bits per heavy atom. The van der Waals surface area contributed by atoms with E-state index in [0.29, 0.717) is 17.1 Å². The Kier molecular flexibility index (Phi) is 3.48. The Hall–Kier alpha value is -2.44. The van der Waals surface area contributed by atoms with Gasteiger partial charge in [-0.25, -0.2) is 4.98 Å². The smallest absolute Gasteiger partial charge is 0.268 e. The Morgan fingerprint density at radius 3 is 3.04 bits per heavy atom. The molecule has 0 aliphatic heterocycles. The highest BCUT2D eigenvalue weighted by Crippen LogP contribution is 2.19. The molecule has 0 saturated heterocycles. The molecule has 3 aromatic heterocycles. The van der Waals surface area contributed by atoms with Crippen LogP contribution in [0.1, 0.15) is 11.4 Å². The van der Waals surface area contributed by atoms with Gasteiger partial charge in [0.25, 0.3) is 5.56 Å². The van der Waals surface area contributed by atoms with Crippen LogP contribution >= 0.6 is 11.3 Å². The molecule has 0 spiro atoms. The van der Waals surface area contributed by atoms with Crippen molar-refractivity contribution in [1.82, 2.24) is 19.9 Å². The molecule has 116 valence electrons. The van der Waals surface area contributed by atoms with Crippen molar-refractivity contribution < 1.29 is 0 Å². The molecule has 0 aliphatic carbocycles. The monoisotopic (exact) mass is 324 g/mol. The van der Waals surface area contributed by atoms with E-state index >= 15 is 0 Å². The van der Waals surface area contributed by atoms with E-state index in [4.69, 9.17) is 0 Å². The summed E-state index contributed by atoms with van der Waals surface area (Å²) < 4.78 is 0.688. The lowest BCUT2D eigenvalue weighted by atomic mass is 10.1. The van der Waals surface area contributed by atoms with Crippen LogP contribution in [0.4, 0.5) is 0 Å². The Morgan fingerprint density at radius 2 is 2.13 bits per heavy atom. The van der Waals surface area contributed by atoms with Crippen molar-refractivity contribution in [2.45, 2.75) is 13.1 Å². The van der Waals surface area contributed by atoms with Crippen molar-refractivity contribution in [3.05, 3.63) is 63.7 Å². The van der Waals surface area contributed by atoms with Gasteiger partial charge in [-0.1, -0.05) is 12.1 Å². The predicted molar refractivity (Wildman–Crippen MR) is 93.7 cm³/mol. The second-order valence-corrected chi connectivity index (χ2v) is 6.59. The zero-order valence-corrected chi connectivity index (χ0v) is 13.5. The molecule has 23 heavy (non-hydrogen) atoms. The van der Waals surface area contributed by atoms with Crippen LogP contribution in [0.3, 0.4) is 0 Å². The van der Waals surface area contributed by atoms with Crippen LogP contribution in [-0.2, 0) is 13.1 Å². The number of benzene rings is 1. The first kappa shape index (κ1) is 14.2. The third-order valence-corrected chi connectivity index (χ3v) is 4.81. The second kappa shape index (κ2) is 5.64. The molecule has 1 aromatic carbocycles. The number of fused-ring (bicyclic) bond motifs is 2. The van der Waals surface area contributed by atoms with Gasteiger partial charge < -0.3 is 9.97 Å². The second-order valence-electron chi connectivity index (χ2n) is 5.68. The number of hydrogen-bond acceptors (Lipinski definition) is 4. The van der Waals surface area contributed by atoms with Gasteiger partial charge in [0.05, 0.1) is 12.1 Å². The van der Waals surface area contributed by atoms with Crippen molar-refractivity contribution in [3.8, 4) is 0 Å². The number of thiophene rings is 1. The summed E-state index contributed by atoms with van der Waals surface area (Å²) in [6.07, 6.45) is 1.96. The highest BCUT2D eigenvalue weighted by molar-refractivity contribution is 7.17. The first-order chi connectivity index (χ1) is 11.2. The van der Waals surface area contributed by atoms with Crippen LogP contribution < -0.4 is 5.56 Å². The summed E-state index contributed by atoms with van der Waals surface area (Å²) in [4.78, 5) is 24.8. The maximum Gasteiger partial charge on any atom is 0.268 e. The molecule has 0 atom stereocenters. The lowest BCUT2D eigenvalue weighted by Gasteiger charge is -2.16. The van der Waals surface area contributed by atoms with Gasteiger partial charge in [-0.05, 0) is 36.2 Å². The summed E-state index contributed by atoms with van der Waals surface area (Å²) >= 11 is 1.42. The van der Waals surface area contributed by atoms with E-state index in [1.54, 1.807) is 0 Å². The molecule has 5 nitrogen and oxygen atoms in total. The minimum atomic E-state index is -0.0545. The molecule has 3 heterocycles. The van der Waals surface area contributed by atoms with Gasteiger partial charge in [-0.15, -0.1) is 11.3 Å². The molecule has 0 bridgehead atoms. The zero-order chi connectivity index (χ0) is 15.8. The summed E-state index contributed by atoms with van der Waals surface area (Å²) in [7, 11) is 2.03. The van der Waals surface area contributed by atoms with E-state index < -0.39 is 0 Å². The topological polar surface area (TPSA) is 64.8 Å². The third kappa shape index (κ3) is 2.67. The first-order valence-electron chi connectivity index (χ1n) is 7.40. The SMILES string of the molecule is CN(Cc1nc2ccsc2c(=O)[nH]1)Cc1cccc2[nH]ccc12. The zero-order valence-electron chi connectivity index (χ0n) is 12.7. The highest BCUT2D eigenvalue weighted by atomic mass is 32.1. The lowest BCUT2D eigenvalue weighted by Crippen LogP contribution is -2.21. The molecule has 6 heteroatoms. The van der Waals surface area contributed by atoms with Gasteiger partial charge in [0, 0.05) is 23.6 Å². The summed E-state index contributed by atoms with van der Waals surface area (Å²) in [5.41, 5.74) is 3.11. The van der Waals surface area contributed by atoms with Gasteiger partial charge >= 0.3 is 0 Å². The molecule has 0 amide bonds. The van der Waals surface area contributed by atoms with Crippen molar-refractivity contribution in [3.63, 3.8) is 0 Å². The Labute approximate surface area is 136 Å². The summed E-state index contributed by atoms with van der Waals surface area (Å²) in [5, 5.41) is 3.13. The van der Waals surface area contributed by atoms with Crippen LogP contribution in [-0.4, -0.2) is 26.9 Å². The molecule has 0 unspecified atom stereocenters. The summed E-state index contributed by atoms with van der Waals surface area (Å²) in [6.45, 7) is 1.39. The van der Waals surface area contributed by atoms with Crippen molar-refractivity contribution in [2.75, 3.05) is 7.05 Å². The minimum absolute atomic E-state index is 0.0545. The van der Waals surface area contributed by atoms with E-state index in [1.165, 1.54) is 22.3 Å². The highest BCUT2D eigenvalue weighted by Gasteiger charge is 2.09. The number of aromatic nitrogens is 3. The van der Waals surface area contributed by atoms with Crippen LogP contribution in [0.5, 0.6) is 0 Å². The number of nitrogens with zero attached hydrogens (tertiary/aromatic N) is 2. The van der Waals surface area contributed by atoms with Crippen LogP contribution in [0.15, 0.2) is 46.7 Å². The van der Waals surface area contributed by atoms with Crippen molar-refractivity contribution >= 4 is 32.5 Å². The molecule has 0 radical (unpaired) electrons. The van der Waals surface area contributed by atoms with Gasteiger partial charge in [0.1, 0.15) is 10.5 Å². The average Bonchev–Trinajstić information content (AvgIpc) is 3.15. The van der Waals surface area contributed by atoms with Crippen LogP contribution in [0.2, 0.25) is 0 Å². The van der Waals surface area contributed by atoms with Crippen molar-refractivity contribution in [1.29, 1.82) is 0 Å². The van der Waals surface area contributed by atoms with E-state index in [-0.39, 0.29) is 5.56 Å². The number of H-pyrrole nitrogens is 2. The maximum absolute atomic E-state index is 12.0. The fourth-order valence-corrected chi connectivity index (χ4v) is 3.61. The largest absolute Gasteiger partial charge is 0.361 e. The predicted octanol–water partition coefficient (Wildman–Crippen LogP) is 3.10. The molecule has 0 aliphatic rings. The Balaban J connectivity index is 1.58. The van der Waals surface area contributed by atoms with Gasteiger partial charge in [0.15, 0.2) is 0 Å². The third-order valence-electron chi connectivity index (χ3n) is 3.91. The van der Waals surface area contributed by atoms with E-state index in [0.717, 1.165) is 17.6 Å². The maximum atomic E-state index is 12.0. The fraction of sp³-hybridized carbons (Fsp3) is 0.176. The molecular formula is C17H16N4OS. The summed E-state index contributed by atoms with van der Waals surface area (Å²) in [6, 6.07) is 10.2. The molecule has 0 fully saturated rings. The van der Waals surface area contributed by atoms with Gasteiger partial charge in [-0.3, -0.25) is 9.69 Å². The average molecular weight is 324 g/mol. The van der Waals surface area contributed by atoms with E-state index in [9.17, 15) is 4.79 Å². The standard InChI is InChI=1S/C17H16N4OS/c1-21(9-11-3-2-4-13-12(11)5-7-18-13)10-15-19-14-6-8-23-16(14)17(22)20-15/h2-8,18H,9-10H2,1H3,(H,19,20,22).